The highest BCUT2D eigenvalue weighted by Gasteiger charge is 2.27. The first kappa shape index (κ1) is 12.0. The summed E-state index contributed by atoms with van der Waals surface area (Å²) < 4.78 is 13.1. The van der Waals surface area contributed by atoms with Crippen molar-refractivity contribution in [1.82, 2.24) is 4.90 Å². The predicted octanol–water partition coefficient (Wildman–Crippen LogP) is 1.49. The molecule has 92 valence electrons. The van der Waals surface area contributed by atoms with E-state index in [0.717, 1.165) is 12.0 Å². The van der Waals surface area contributed by atoms with E-state index in [2.05, 4.69) is 0 Å². The lowest BCUT2D eigenvalue weighted by atomic mass is 10.00. The smallest absolute Gasteiger partial charge is 0.229 e. The maximum Gasteiger partial charge on any atom is 0.229 e. The van der Waals surface area contributed by atoms with Gasteiger partial charge in [0.1, 0.15) is 5.82 Å². The van der Waals surface area contributed by atoms with E-state index in [0.29, 0.717) is 13.1 Å². The molecule has 1 aromatic rings. The van der Waals surface area contributed by atoms with Gasteiger partial charge in [0.2, 0.25) is 5.91 Å². The number of carbonyl (C=O) groups excluding carboxylic acids is 1. The Balaban J connectivity index is 2.09. The maximum absolute atomic E-state index is 13.1. The summed E-state index contributed by atoms with van der Waals surface area (Å²) >= 11 is 0. The summed E-state index contributed by atoms with van der Waals surface area (Å²) in [4.78, 5) is 13.9. The fourth-order valence-corrected chi connectivity index (χ4v) is 2.18. The number of carbonyl (C=O) groups is 1. The van der Waals surface area contributed by atoms with E-state index < -0.39 is 0 Å². The molecule has 1 aliphatic rings. The minimum atomic E-state index is -0.309. The average molecular weight is 236 g/mol. The topological polar surface area (TPSA) is 46.3 Å². The Bertz CT molecular complexity index is 422. The Hall–Kier alpha value is -1.42. The van der Waals surface area contributed by atoms with Crippen molar-refractivity contribution in [2.24, 2.45) is 5.73 Å². The molecule has 17 heavy (non-hydrogen) atoms. The summed E-state index contributed by atoms with van der Waals surface area (Å²) in [5.74, 6) is -0.583. The van der Waals surface area contributed by atoms with Gasteiger partial charge in [0.05, 0.1) is 5.92 Å². The Morgan fingerprint density at radius 3 is 2.94 bits per heavy atom. The van der Waals surface area contributed by atoms with Gasteiger partial charge < -0.3 is 10.6 Å². The molecule has 0 unspecified atom stereocenters. The number of hydrogen-bond donors (Lipinski definition) is 1. The Labute approximate surface area is 100 Å². The van der Waals surface area contributed by atoms with Crippen LogP contribution in [0.15, 0.2) is 24.3 Å². The molecular formula is C13H17FN2O. The zero-order valence-corrected chi connectivity index (χ0v) is 9.90. The molecule has 0 aromatic heterocycles. The highest BCUT2D eigenvalue weighted by Crippen LogP contribution is 2.21. The second-order valence-corrected chi connectivity index (χ2v) is 4.61. The van der Waals surface area contributed by atoms with Gasteiger partial charge in [-0.25, -0.2) is 4.39 Å². The first-order valence-corrected chi connectivity index (χ1v) is 5.88. The number of rotatable bonds is 2. The normalized spacial score (nSPS) is 21.6. The zero-order valence-electron chi connectivity index (χ0n) is 9.90. The van der Waals surface area contributed by atoms with Crippen LogP contribution in [0.25, 0.3) is 0 Å². The van der Waals surface area contributed by atoms with E-state index >= 15 is 0 Å². The van der Waals surface area contributed by atoms with Gasteiger partial charge >= 0.3 is 0 Å². The third-order valence-corrected chi connectivity index (χ3v) is 3.26. The highest BCUT2D eigenvalue weighted by atomic mass is 19.1. The summed E-state index contributed by atoms with van der Waals surface area (Å²) in [7, 11) is 0. The maximum atomic E-state index is 13.1. The van der Waals surface area contributed by atoms with Crippen molar-refractivity contribution in [1.29, 1.82) is 0 Å². The number of nitrogens with two attached hydrogens (primary N) is 1. The largest absolute Gasteiger partial charge is 0.341 e. The molecule has 1 saturated heterocycles. The number of halogens is 1. The van der Waals surface area contributed by atoms with E-state index in [1.165, 1.54) is 12.1 Å². The van der Waals surface area contributed by atoms with Crippen LogP contribution < -0.4 is 5.73 Å². The summed E-state index contributed by atoms with van der Waals surface area (Å²) in [6.07, 6.45) is 0.849. The van der Waals surface area contributed by atoms with E-state index in [4.69, 9.17) is 5.73 Å². The number of likely N-dealkylation sites (tertiary alicyclic amines) is 1. The fourth-order valence-electron chi connectivity index (χ4n) is 2.18. The minimum Gasteiger partial charge on any atom is -0.341 e. The van der Waals surface area contributed by atoms with Crippen LogP contribution >= 0.6 is 0 Å². The van der Waals surface area contributed by atoms with Crippen molar-refractivity contribution in [2.45, 2.75) is 25.3 Å². The molecule has 1 amide bonds. The lowest BCUT2D eigenvalue weighted by Gasteiger charge is -2.20. The fraction of sp³-hybridized carbons (Fsp3) is 0.462. The highest BCUT2D eigenvalue weighted by molar-refractivity contribution is 5.83. The zero-order chi connectivity index (χ0) is 12.4. The average Bonchev–Trinajstić information content (AvgIpc) is 2.74. The summed E-state index contributed by atoms with van der Waals surface area (Å²) in [5.41, 5.74) is 6.49. The molecule has 2 atom stereocenters. The van der Waals surface area contributed by atoms with Gasteiger partial charge in [-0.1, -0.05) is 12.1 Å². The van der Waals surface area contributed by atoms with Gasteiger partial charge in [-0.3, -0.25) is 4.79 Å². The Kier molecular flexibility index (Phi) is 3.43. The summed E-state index contributed by atoms with van der Waals surface area (Å²) in [5, 5.41) is 0. The van der Waals surface area contributed by atoms with Gasteiger partial charge in [0.15, 0.2) is 0 Å². The molecule has 2 rings (SSSR count). The van der Waals surface area contributed by atoms with Crippen LogP contribution in [0.2, 0.25) is 0 Å². The standard InChI is InChI=1S/C13H17FN2O/c1-9(10-3-2-4-11(14)7-10)13(17)16-6-5-12(15)8-16/h2-4,7,9,12H,5-6,8,15H2,1H3/t9-,12+/m1/s1. The molecular weight excluding hydrogens is 219 g/mol. The molecule has 1 fully saturated rings. The van der Waals surface area contributed by atoms with Crippen LogP contribution in [0, 0.1) is 5.82 Å². The van der Waals surface area contributed by atoms with Crippen LogP contribution in [0.3, 0.4) is 0 Å². The van der Waals surface area contributed by atoms with Crippen LogP contribution in [0.5, 0.6) is 0 Å². The van der Waals surface area contributed by atoms with Crippen molar-refractivity contribution in [2.75, 3.05) is 13.1 Å². The molecule has 0 spiro atoms. The Morgan fingerprint density at radius 2 is 2.35 bits per heavy atom. The first-order valence-electron chi connectivity index (χ1n) is 5.88. The molecule has 2 N–H and O–H groups in total. The molecule has 0 radical (unpaired) electrons. The van der Waals surface area contributed by atoms with Gasteiger partial charge in [-0.2, -0.15) is 0 Å². The minimum absolute atomic E-state index is 0.0311. The van der Waals surface area contributed by atoms with Crippen LogP contribution in [0.1, 0.15) is 24.8 Å². The van der Waals surface area contributed by atoms with Gasteiger partial charge in [-0.05, 0) is 31.0 Å². The molecule has 0 aliphatic carbocycles. The number of benzene rings is 1. The van der Waals surface area contributed by atoms with E-state index in [-0.39, 0.29) is 23.7 Å². The lowest BCUT2D eigenvalue weighted by molar-refractivity contribution is -0.131. The second-order valence-electron chi connectivity index (χ2n) is 4.61. The molecule has 1 aliphatic heterocycles. The van der Waals surface area contributed by atoms with Crippen molar-refractivity contribution < 1.29 is 9.18 Å². The van der Waals surface area contributed by atoms with Crippen LogP contribution in [-0.2, 0) is 4.79 Å². The molecule has 0 bridgehead atoms. The first-order chi connectivity index (χ1) is 8.08. The SMILES string of the molecule is C[C@@H](C(=O)N1CC[C@H](N)C1)c1cccc(F)c1. The third-order valence-electron chi connectivity index (χ3n) is 3.26. The van der Waals surface area contributed by atoms with Crippen LogP contribution in [-0.4, -0.2) is 29.9 Å². The number of nitrogens with zero attached hydrogens (tertiary/aromatic N) is 1. The molecule has 1 heterocycles. The lowest BCUT2D eigenvalue weighted by Crippen LogP contribution is -2.34. The van der Waals surface area contributed by atoms with Crippen molar-refractivity contribution in [3.8, 4) is 0 Å². The quantitative estimate of drug-likeness (QED) is 0.845. The number of hydrogen-bond acceptors (Lipinski definition) is 2. The van der Waals surface area contributed by atoms with Crippen molar-refractivity contribution in [3.63, 3.8) is 0 Å². The molecule has 4 heteroatoms. The molecule has 3 nitrogen and oxygen atoms in total. The second kappa shape index (κ2) is 4.84. The molecule has 0 saturated carbocycles. The Morgan fingerprint density at radius 1 is 1.59 bits per heavy atom. The van der Waals surface area contributed by atoms with E-state index in [1.807, 2.05) is 0 Å². The summed E-state index contributed by atoms with van der Waals surface area (Å²) in [6.45, 7) is 3.12. The van der Waals surface area contributed by atoms with Gasteiger partial charge in [0, 0.05) is 19.1 Å². The van der Waals surface area contributed by atoms with E-state index in [9.17, 15) is 9.18 Å². The molecule has 1 aromatic carbocycles. The van der Waals surface area contributed by atoms with Gasteiger partial charge in [-0.15, -0.1) is 0 Å². The number of amides is 1. The van der Waals surface area contributed by atoms with E-state index in [1.54, 1.807) is 24.0 Å². The summed E-state index contributed by atoms with van der Waals surface area (Å²) in [6, 6.07) is 6.29. The third kappa shape index (κ3) is 2.64. The van der Waals surface area contributed by atoms with Crippen molar-refractivity contribution >= 4 is 5.91 Å². The van der Waals surface area contributed by atoms with Crippen LogP contribution in [0.4, 0.5) is 4.39 Å². The van der Waals surface area contributed by atoms with Gasteiger partial charge in [0.25, 0.3) is 0 Å². The monoisotopic (exact) mass is 236 g/mol. The predicted molar refractivity (Wildman–Crippen MR) is 64.0 cm³/mol. The van der Waals surface area contributed by atoms with Crippen molar-refractivity contribution in [3.05, 3.63) is 35.6 Å².